The number of tetrazole rings is 1. The van der Waals surface area contributed by atoms with Crippen LogP contribution in [0.1, 0.15) is 11.1 Å². The first-order valence-electron chi connectivity index (χ1n) is 6.49. The molecule has 10 nitrogen and oxygen atoms in total. The van der Waals surface area contributed by atoms with Crippen LogP contribution in [0.15, 0.2) is 38.8 Å². The maximum absolute atomic E-state index is 12.0. The third-order valence-electron chi connectivity index (χ3n) is 3.06. The highest BCUT2D eigenvalue weighted by Gasteiger charge is 2.14. The maximum atomic E-state index is 12.0. The smallest absolute Gasteiger partial charge is 0.335 e. The number of hydrogen-bond donors (Lipinski definition) is 3. The first-order chi connectivity index (χ1) is 11.1. The van der Waals surface area contributed by atoms with Crippen molar-refractivity contribution in [2.75, 3.05) is 0 Å². The van der Waals surface area contributed by atoms with Crippen LogP contribution in [0.5, 0.6) is 5.88 Å². The number of nitrogens with one attached hydrogen (secondary N) is 2. The van der Waals surface area contributed by atoms with E-state index in [1.165, 1.54) is 0 Å². The molecule has 2 heterocycles. The molecule has 0 saturated heterocycles. The van der Waals surface area contributed by atoms with Crippen LogP contribution < -0.4 is 11.2 Å². The number of hydrogen-bond acceptors (Lipinski definition) is 7. The Kier molecular flexibility index (Phi) is 3.55. The van der Waals surface area contributed by atoms with Crippen LogP contribution >= 0.6 is 0 Å². The van der Waals surface area contributed by atoms with E-state index < -0.39 is 17.1 Å². The molecular weight excluding hydrogens is 302 g/mol. The minimum absolute atomic E-state index is 0.0168. The normalized spacial score (nSPS) is 11.2. The Morgan fingerprint density at radius 1 is 1.26 bits per heavy atom. The second kappa shape index (κ2) is 5.67. The van der Waals surface area contributed by atoms with Gasteiger partial charge in [-0.25, -0.2) is 14.4 Å². The summed E-state index contributed by atoms with van der Waals surface area (Å²) in [7, 11) is 0. The SMILES string of the molecule is Cc1ccc(-n2c(O)c(C=Nc3nn[nH]n3)c(=O)[nH]c2=O)cc1. The fourth-order valence-electron chi connectivity index (χ4n) is 1.92. The van der Waals surface area contributed by atoms with Crippen LogP contribution in [-0.4, -0.2) is 41.5 Å². The third kappa shape index (κ3) is 2.77. The van der Waals surface area contributed by atoms with Gasteiger partial charge in [-0.3, -0.25) is 9.78 Å². The van der Waals surface area contributed by atoms with Crippen LogP contribution in [0.4, 0.5) is 5.95 Å². The van der Waals surface area contributed by atoms with Crippen LogP contribution in [0.3, 0.4) is 0 Å². The van der Waals surface area contributed by atoms with E-state index in [1.807, 2.05) is 6.92 Å². The summed E-state index contributed by atoms with van der Waals surface area (Å²) in [5, 5.41) is 23.0. The number of nitrogens with zero attached hydrogens (tertiary/aromatic N) is 5. The predicted molar refractivity (Wildman–Crippen MR) is 80.5 cm³/mol. The first-order valence-corrected chi connectivity index (χ1v) is 6.49. The lowest BCUT2D eigenvalue weighted by atomic mass is 10.2. The molecule has 3 rings (SSSR count). The van der Waals surface area contributed by atoms with E-state index in [-0.39, 0.29) is 11.5 Å². The molecule has 3 aromatic rings. The molecule has 10 heteroatoms. The standard InChI is InChI=1S/C13H11N7O3/c1-7-2-4-8(5-3-7)20-11(22)9(10(21)15-13(20)23)6-14-12-16-18-19-17-12/h2-6,22H,1H3,(H,15,21,23)(H,16,17,18,19). The van der Waals surface area contributed by atoms with Gasteiger partial charge in [0, 0.05) is 6.21 Å². The van der Waals surface area contributed by atoms with Gasteiger partial charge in [0.05, 0.1) is 5.69 Å². The Balaban J connectivity index is 2.15. The van der Waals surface area contributed by atoms with E-state index in [2.05, 4.69) is 30.6 Å². The fraction of sp³-hybridized carbons (Fsp3) is 0.0769. The van der Waals surface area contributed by atoms with Crippen LogP contribution in [0.2, 0.25) is 0 Å². The molecule has 0 atom stereocenters. The molecule has 23 heavy (non-hydrogen) atoms. The van der Waals surface area contributed by atoms with Crippen LogP contribution in [0.25, 0.3) is 5.69 Å². The quantitative estimate of drug-likeness (QED) is 0.572. The molecule has 0 amide bonds. The molecule has 0 spiro atoms. The number of H-pyrrole nitrogens is 2. The summed E-state index contributed by atoms with van der Waals surface area (Å²) in [5.74, 6) is -0.549. The van der Waals surface area contributed by atoms with Crippen LogP contribution in [-0.2, 0) is 0 Å². The van der Waals surface area contributed by atoms with Crippen LogP contribution in [0, 0.1) is 6.92 Å². The van der Waals surface area contributed by atoms with Gasteiger partial charge in [-0.1, -0.05) is 22.8 Å². The predicted octanol–water partition coefficient (Wildman–Crippen LogP) is -0.196. The molecule has 3 N–H and O–H groups in total. The summed E-state index contributed by atoms with van der Waals surface area (Å²) in [6.07, 6.45) is 1.06. The van der Waals surface area contributed by atoms with Crippen molar-refractivity contribution in [1.29, 1.82) is 0 Å². The topological polar surface area (TPSA) is 142 Å². The summed E-state index contributed by atoms with van der Waals surface area (Å²) in [5.41, 5.74) is -0.334. The summed E-state index contributed by atoms with van der Waals surface area (Å²) < 4.78 is 0.971. The molecule has 116 valence electrons. The van der Waals surface area contributed by atoms with Gasteiger partial charge >= 0.3 is 5.69 Å². The molecule has 1 aromatic carbocycles. The molecule has 0 aliphatic heterocycles. The molecule has 0 fully saturated rings. The van der Waals surface area contributed by atoms with Crippen molar-refractivity contribution in [3.05, 3.63) is 56.2 Å². The Bertz CT molecular complexity index is 968. The van der Waals surface area contributed by atoms with Crippen molar-refractivity contribution < 1.29 is 5.11 Å². The fourth-order valence-corrected chi connectivity index (χ4v) is 1.92. The van der Waals surface area contributed by atoms with E-state index in [0.717, 1.165) is 16.3 Å². The Morgan fingerprint density at radius 3 is 2.65 bits per heavy atom. The van der Waals surface area contributed by atoms with Gasteiger partial charge in [-0.15, -0.1) is 5.10 Å². The van der Waals surface area contributed by atoms with E-state index >= 15 is 0 Å². The molecule has 0 aliphatic carbocycles. The van der Waals surface area contributed by atoms with Crippen molar-refractivity contribution in [2.45, 2.75) is 6.92 Å². The lowest BCUT2D eigenvalue weighted by Crippen LogP contribution is -2.31. The van der Waals surface area contributed by atoms with Crippen molar-refractivity contribution in [1.82, 2.24) is 30.2 Å². The van der Waals surface area contributed by atoms with Gasteiger partial charge in [0.25, 0.3) is 11.5 Å². The number of aliphatic imine (C=N–C) groups is 1. The Labute approximate surface area is 128 Å². The van der Waals surface area contributed by atoms with Gasteiger partial charge in [-0.2, -0.15) is 5.21 Å². The monoisotopic (exact) mass is 313 g/mol. The number of aromatic hydroxyl groups is 1. The van der Waals surface area contributed by atoms with E-state index in [9.17, 15) is 14.7 Å². The summed E-state index contributed by atoms with van der Waals surface area (Å²) in [4.78, 5) is 29.8. The average Bonchev–Trinajstić information content (AvgIpc) is 3.02. The Morgan fingerprint density at radius 2 is 2.00 bits per heavy atom. The van der Waals surface area contributed by atoms with Crippen molar-refractivity contribution in [3.63, 3.8) is 0 Å². The highest BCUT2D eigenvalue weighted by Crippen LogP contribution is 2.16. The molecule has 0 unspecified atom stereocenters. The van der Waals surface area contributed by atoms with E-state index in [4.69, 9.17) is 0 Å². The summed E-state index contributed by atoms with van der Waals surface area (Å²) in [6, 6.07) is 6.85. The van der Waals surface area contributed by atoms with Crippen molar-refractivity contribution >= 4 is 12.2 Å². The largest absolute Gasteiger partial charge is 0.493 e. The highest BCUT2D eigenvalue weighted by atomic mass is 16.3. The first kappa shape index (κ1) is 14.4. The zero-order valence-corrected chi connectivity index (χ0v) is 11.9. The van der Waals surface area contributed by atoms with Gasteiger partial charge < -0.3 is 5.11 Å². The average molecular weight is 313 g/mol. The van der Waals surface area contributed by atoms with E-state index in [0.29, 0.717) is 5.69 Å². The van der Waals surface area contributed by atoms with Gasteiger partial charge in [0.15, 0.2) is 0 Å². The summed E-state index contributed by atoms with van der Waals surface area (Å²) in [6.45, 7) is 1.89. The van der Waals surface area contributed by atoms with E-state index in [1.54, 1.807) is 24.3 Å². The second-order valence-corrected chi connectivity index (χ2v) is 4.64. The number of aromatic amines is 2. The maximum Gasteiger partial charge on any atom is 0.335 e. The molecule has 0 aliphatic rings. The lowest BCUT2D eigenvalue weighted by molar-refractivity contribution is 0.430. The molecule has 0 radical (unpaired) electrons. The molecule has 0 bridgehead atoms. The van der Waals surface area contributed by atoms with Crippen molar-refractivity contribution in [3.8, 4) is 11.6 Å². The summed E-state index contributed by atoms with van der Waals surface area (Å²) >= 11 is 0. The number of aromatic nitrogens is 6. The number of benzene rings is 1. The molecular formula is C13H11N7O3. The van der Waals surface area contributed by atoms with Gasteiger partial charge in [-0.05, 0) is 24.3 Å². The highest BCUT2D eigenvalue weighted by molar-refractivity contribution is 5.83. The number of rotatable bonds is 3. The molecule has 0 saturated carbocycles. The van der Waals surface area contributed by atoms with Gasteiger partial charge in [0.2, 0.25) is 5.88 Å². The lowest BCUT2D eigenvalue weighted by Gasteiger charge is -2.09. The Hall–Kier alpha value is -3.56. The van der Waals surface area contributed by atoms with Gasteiger partial charge in [0.1, 0.15) is 5.56 Å². The second-order valence-electron chi connectivity index (χ2n) is 4.64. The third-order valence-corrected chi connectivity index (χ3v) is 3.06. The number of aryl methyl sites for hydroxylation is 1. The zero-order chi connectivity index (χ0) is 16.4. The van der Waals surface area contributed by atoms with Crippen molar-refractivity contribution in [2.24, 2.45) is 4.99 Å². The minimum Gasteiger partial charge on any atom is -0.493 e. The minimum atomic E-state index is -0.775. The molecule has 2 aromatic heterocycles. The zero-order valence-electron chi connectivity index (χ0n) is 11.9.